The third-order valence-corrected chi connectivity index (χ3v) is 2.46. The number of piperidine rings is 1. The molecular formula is C11H25NO. The zero-order valence-corrected chi connectivity index (χ0v) is 9.89. The Balaban J connectivity index is 0.000000671. The highest BCUT2D eigenvalue weighted by Crippen LogP contribution is 2.28. The molecule has 2 nitrogen and oxygen atoms in total. The van der Waals surface area contributed by atoms with Crippen molar-refractivity contribution in [3.05, 3.63) is 0 Å². The van der Waals surface area contributed by atoms with Crippen molar-refractivity contribution in [1.82, 2.24) is 4.90 Å². The summed E-state index contributed by atoms with van der Waals surface area (Å²) in [6.07, 6.45) is 2.63. The fraction of sp³-hybridized carbons (Fsp3) is 1.00. The lowest BCUT2D eigenvalue weighted by Crippen LogP contribution is -2.41. The van der Waals surface area contributed by atoms with E-state index in [-0.39, 0.29) is 0 Å². The van der Waals surface area contributed by atoms with Gasteiger partial charge in [-0.2, -0.15) is 0 Å². The van der Waals surface area contributed by atoms with Crippen LogP contribution in [-0.2, 0) is 4.74 Å². The number of methoxy groups -OCH3 is 1. The average molecular weight is 187 g/mol. The second-order valence-corrected chi connectivity index (χ2v) is 4.09. The Bertz CT molecular complexity index is 123. The van der Waals surface area contributed by atoms with Gasteiger partial charge in [0, 0.05) is 19.1 Å². The molecule has 1 aliphatic rings. The Hall–Kier alpha value is -0.0800. The molecule has 80 valence electrons. The first kappa shape index (κ1) is 12.9. The van der Waals surface area contributed by atoms with Gasteiger partial charge in [0.1, 0.15) is 0 Å². The van der Waals surface area contributed by atoms with Gasteiger partial charge in [0.2, 0.25) is 0 Å². The second kappa shape index (κ2) is 6.39. The molecule has 0 saturated carbocycles. The Morgan fingerprint density at radius 1 is 1.38 bits per heavy atom. The van der Waals surface area contributed by atoms with Crippen molar-refractivity contribution in [3.63, 3.8) is 0 Å². The molecule has 0 aliphatic carbocycles. The summed E-state index contributed by atoms with van der Waals surface area (Å²) in [6.45, 7) is 9.64. The number of likely N-dealkylation sites (tertiary alicyclic amines) is 1. The quantitative estimate of drug-likeness (QED) is 0.658. The maximum absolute atomic E-state index is 5.21. The first-order chi connectivity index (χ1) is 6.16. The molecule has 1 fully saturated rings. The van der Waals surface area contributed by atoms with E-state index in [9.17, 15) is 0 Å². The van der Waals surface area contributed by atoms with Crippen molar-refractivity contribution in [2.75, 3.05) is 33.9 Å². The minimum Gasteiger partial charge on any atom is -0.384 e. The smallest absolute Gasteiger partial charge is 0.0528 e. The maximum Gasteiger partial charge on any atom is 0.0528 e. The molecule has 1 unspecified atom stereocenters. The van der Waals surface area contributed by atoms with Crippen LogP contribution in [0.5, 0.6) is 0 Å². The van der Waals surface area contributed by atoms with Crippen molar-refractivity contribution in [1.29, 1.82) is 0 Å². The molecule has 1 saturated heterocycles. The van der Waals surface area contributed by atoms with Crippen LogP contribution in [0.25, 0.3) is 0 Å². The van der Waals surface area contributed by atoms with Gasteiger partial charge in [-0.05, 0) is 26.4 Å². The van der Waals surface area contributed by atoms with E-state index in [2.05, 4.69) is 18.9 Å². The molecule has 1 rings (SSSR count). The third kappa shape index (κ3) is 4.63. The first-order valence-electron chi connectivity index (χ1n) is 5.34. The van der Waals surface area contributed by atoms with Crippen molar-refractivity contribution in [2.45, 2.75) is 33.6 Å². The molecule has 0 aromatic rings. The Morgan fingerprint density at radius 2 is 2.00 bits per heavy atom. The molecule has 0 amide bonds. The summed E-state index contributed by atoms with van der Waals surface area (Å²) in [5.74, 6) is 0. The van der Waals surface area contributed by atoms with Gasteiger partial charge in [0.25, 0.3) is 0 Å². The Labute approximate surface area is 83.3 Å². The van der Waals surface area contributed by atoms with Crippen LogP contribution in [0.15, 0.2) is 0 Å². The number of rotatable bonds is 2. The van der Waals surface area contributed by atoms with E-state index in [1.807, 2.05) is 13.8 Å². The minimum atomic E-state index is 0.405. The summed E-state index contributed by atoms with van der Waals surface area (Å²) in [5.41, 5.74) is 0.405. The predicted octanol–water partition coefficient (Wildman–Crippen LogP) is 2.39. The Kier molecular flexibility index (Phi) is 6.35. The highest BCUT2D eigenvalue weighted by Gasteiger charge is 2.28. The molecule has 0 spiro atoms. The highest BCUT2D eigenvalue weighted by molar-refractivity contribution is 4.81. The average Bonchev–Trinajstić information content (AvgIpc) is 2.07. The van der Waals surface area contributed by atoms with Crippen LogP contribution in [0.2, 0.25) is 0 Å². The van der Waals surface area contributed by atoms with E-state index in [1.54, 1.807) is 7.11 Å². The topological polar surface area (TPSA) is 12.5 Å². The molecule has 0 radical (unpaired) electrons. The monoisotopic (exact) mass is 187 g/mol. The van der Waals surface area contributed by atoms with Gasteiger partial charge < -0.3 is 9.64 Å². The fourth-order valence-electron chi connectivity index (χ4n) is 2.05. The normalized spacial score (nSPS) is 29.3. The lowest BCUT2D eigenvalue weighted by Gasteiger charge is -2.38. The first-order valence-corrected chi connectivity index (χ1v) is 5.34. The van der Waals surface area contributed by atoms with E-state index >= 15 is 0 Å². The summed E-state index contributed by atoms with van der Waals surface area (Å²) >= 11 is 0. The van der Waals surface area contributed by atoms with E-state index in [0.717, 1.165) is 6.61 Å². The summed E-state index contributed by atoms with van der Waals surface area (Å²) < 4.78 is 5.21. The van der Waals surface area contributed by atoms with Crippen molar-refractivity contribution in [2.24, 2.45) is 5.41 Å². The zero-order chi connectivity index (χ0) is 10.3. The lowest BCUT2D eigenvalue weighted by atomic mass is 9.83. The summed E-state index contributed by atoms with van der Waals surface area (Å²) in [6, 6.07) is 0. The van der Waals surface area contributed by atoms with Crippen LogP contribution in [0.3, 0.4) is 0 Å². The predicted molar refractivity (Wildman–Crippen MR) is 58.1 cm³/mol. The Morgan fingerprint density at radius 3 is 2.46 bits per heavy atom. The van der Waals surface area contributed by atoms with Crippen LogP contribution in [0.1, 0.15) is 33.6 Å². The molecule has 0 aromatic heterocycles. The number of hydrogen-bond donors (Lipinski definition) is 0. The molecule has 13 heavy (non-hydrogen) atoms. The molecule has 0 aromatic carbocycles. The maximum atomic E-state index is 5.21. The molecule has 1 aliphatic heterocycles. The van der Waals surface area contributed by atoms with E-state index in [4.69, 9.17) is 4.74 Å². The van der Waals surface area contributed by atoms with Crippen molar-refractivity contribution < 1.29 is 4.74 Å². The molecule has 1 atom stereocenters. The van der Waals surface area contributed by atoms with E-state index in [0.29, 0.717) is 5.41 Å². The molecule has 0 N–H and O–H groups in total. The van der Waals surface area contributed by atoms with E-state index in [1.165, 1.54) is 25.9 Å². The van der Waals surface area contributed by atoms with Crippen LogP contribution < -0.4 is 0 Å². The van der Waals surface area contributed by atoms with Crippen molar-refractivity contribution >= 4 is 0 Å². The fourth-order valence-corrected chi connectivity index (χ4v) is 2.05. The second-order valence-electron chi connectivity index (χ2n) is 4.09. The van der Waals surface area contributed by atoms with Gasteiger partial charge in [-0.3, -0.25) is 0 Å². The van der Waals surface area contributed by atoms with Crippen LogP contribution in [0, 0.1) is 5.41 Å². The third-order valence-electron chi connectivity index (χ3n) is 2.46. The molecule has 1 heterocycles. The minimum absolute atomic E-state index is 0.405. The zero-order valence-electron chi connectivity index (χ0n) is 9.89. The largest absolute Gasteiger partial charge is 0.384 e. The number of nitrogens with zero attached hydrogens (tertiary/aromatic N) is 1. The summed E-state index contributed by atoms with van der Waals surface area (Å²) in [4.78, 5) is 2.39. The van der Waals surface area contributed by atoms with Gasteiger partial charge in [0.05, 0.1) is 6.61 Å². The van der Waals surface area contributed by atoms with Gasteiger partial charge in [-0.25, -0.2) is 0 Å². The highest BCUT2D eigenvalue weighted by atomic mass is 16.5. The standard InChI is InChI=1S/C9H19NO.C2H6/c1-9(8-11-3)5-4-6-10(2)7-9;1-2/h4-8H2,1-3H3;1-2H3. The van der Waals surface area contributed by atoms with Gasteiger partial charge in [-0.15, -0.1) is 0 Å². The molecule has 2 heteroatoms. The van der Waals surface area contributed by atoms with E-state index < -0.39 is 0 Å². The van der Waals surface area contributed by atoms with Gasteiger partial charge in [-0.1, -0.05) is 20.8 Å². The SMILES string of the molecule is CC.COCC1(C)CCCN(C)C1. The number of hydrogen-bond acceptors (Lipinski definition) is 2. The van der Waals surface area contributed by atoms with Gasteiger partial charge in [0.15, 0.2) is 0 Å². The van der Waals surface area contributed by atoms with Crippen LogP contribution in [-0.4, -0.2) is 38.8 Å². The summed E-state index contributed by atoms with van der Waals surface area (Å²) in [7, 11) is 3.98. The van der Waals surface area contributed by atoms with Crippen LogP contribution in [0.4, 0.5) is 0 Å². The lowest BCUT2D eigenvalue weighted by molar-refractivity contribution is 0.0339. The van der Waals surface area contributed by atoms with Gasteiger partial charge >= 0.3 is 0 Å². The number of ether oxygens (including phenoxy) is 1. The van der Waals surface area contributed by atoms with Crippen LogP contribution >= 0.6 is 0 Å². The van der Waals surface area contributed by atoms with Crippen molar-refractivity contribution in [3.8, 4) is 0 Å². The summed E-state index contributed by atoms with van der Waals surface area (Å²) in [5, 5.41) is 0. The molecule has 0 bridgehead atoms. The molecular weight excluding hydrogens is 162 g/mol.